The van der Waals surface area contributed by atoms with E-state index in [1.54, 1.807) is 0 Å². The van der Waals surface area contributed by atoms with Crippen LogP contribution in [0.15, 0.2) is 24.3 Å². The van der Waals surface area contributed by atoms with Crippen LogP contribution < -0.4 is 0 Å². The van der Waals surface area contributed by atoms with E-state index < -0.39 is 0 Å². The van der Waals surface area contributed by atoms with Crippen molar-refractivity contribution in [3.05, 3.63) is 35.4 Å². The summed E-state index contributed by atoms with van der Waals surface area (Å²) in [6, 6.07) is 7.91. The zero-order valence-corrected chi connectivity index (χ0v) is 14.9. The molecule has 1 fully saturated rings. The lowest BCUT2D eigenvalue weighted by Crippen LogP contribution is -2.15. The highest BCUT2D eigenvalue weighted by atomic mass is 16.5. The van der Waals surface area contributed by atoms with Crippen molar-refractivity contribution in [3.63, 3.8) is 0 Å². The average molecular weight is 316 g/mol. The first kappa shape index (κ1) is 18.0. The Morgan fingerprint density at radius 3 is 2.17 bits per heavy atom. The molecule has 1 aliphatic rings. The molecule has 0 unspecified atom stereocenters. The third-order valence-corrected chi connectivity index (χ3v) is 5.40. The average Bonchev–Trinajstić information content (AvgIpc) is 2.61. The molecule has 1 aromatic rings. The summed E-state index contributed by atoms with van der Waals surface area (Å²) in [5, 5.41) is 0. The number of aryl methyl sites for hydroxylation is 1. The molecule has 0 radical (unpaired) electrons. The Morgan fingerprint density at radius 2 is 1.61 bits per heavy atom. The number of hydrogen-bond acceptors (Lipinski definition) is 2. The predicted molar refractivity (Wildman–Crippen MR) is 95.7 cm³/mol. The summed E-state index contributed by atoms with van der Waals surface area (Å²) in [6.45, 7) is 2.29. The van der Waals surface area contributed by atoms with E-state index in [9.17, 15) is 4.79 Å². The van der Waals surface area contributed by atoms with Crippen LogP contribution in [0.1, 0.15) is 80.6 Å². The summed E-state index contributed by atoms with van der Waals surface area (Å²) >= 11 is 0. The lowest BCUT2D eigenvalue weighted by Gasteiger charge is -2.28. The molecule has 0 N–H and O–H groups in total. The van der Waals surface area contributed by atoms with Crippen molar-refractivity contribution < 1.29 is 9.53 Å². The fourth-order valence-corrected chi connectivity index (χ4v) is 3.79. The van der Waals surface area contributed by atoms with Crippen molar-refractivity contribution in [2.75, 3.05) is 7.11 Å². The van der Waals surface area contributed by atoms with Gasteiger partial charge in [-0.05, 0) is 42.4 Å². The fraction of sp³-hybridized carbons (Fsp3) is 0.667. The first-order valence-electron chi connectivity index (χ1n) is 9.40. The summed E-state index contributed by atoms with van der Waals surface area (Å²) in [5.74, 6) is 1.65. The Morgan fingerprint density at radius 1 is 1.00 bits per heavy atom. The van der Waals surface area contributed by atoms with Crippen molar-refractivity contribution in [1.29, 1.82) is 0 Å². The van der Waals surface area contributed by atoms with Crippen molar-refractivity contribution in [3.8, 4) is 0 Å². The topological polar surface area (TPSA) is 26.3 Å². The van der Waals surface area contributed by atoms with Crippen LogP contribution in [-0.2, 0) is 11.2 Å². The van der Waals surface area contributed by atoms with E-state index in [-0.39, 0.29) is 5.97 Å². The smallest absolute Gasteiger partial charge is 0.337 e. The standard InChI is InChI=1S/C21H32O2/c1-3-4-5-6-17-7-9-18(10-8-17)11-12-19-13-15-20(16-14-19)21(22)23-2/h13-18H,3-12H2,1-2H3. The van der Waals surface area contributed by atoms with Gasteiger partial charge in [-0.25, -0.2) is 4.79 Å². The zero-order valence-electron chi connectivity index (χ0n) is 14.9. The van der Waals surface area contributed by atoms with E-state index in [1.807, 2.05) is 12.1 Å². The molecule has 0 spiro atoms. The van der Waals surface area contributed by atoms with Crippen LogP contribution in [0.25, 0.3) is 0 Å². The number of carbonyl (C=O) groups excluding carboxylic acids is 1. The molecule has 2 rings (SSSR count). The van der Waals surface area contributed by atoms with Gasteiger partial charge < -0.3 is 4.74 Å². The Kier molecular flexibility index (Phi) is 7.64. The van der Waals surface area contributed by atoms with E-state index in [4.69, 9.17) is 4.74 Å². The van der Waals surface area contributed by atoms with Gasteiger partial charge in [0.2, 0.25) is 0 Å². The quantitative estimate of drug-likeness (QED) is 0.448. The van der Waals surface area contributed by atoms with Gasteiger partial charge in [0.05, 0.1) is 12.7 Å². The molecule has 0 amide bonds. The Bertz CT molecular complexity index is 455. The summed E-state index contributed by atoms with van der Waals surface area (Å²) in [7, 11) is 1.43. The molecule has 0 aromatic heterocycles. The SMILES string of the molecule is CCCCCC1CCC(CCc2ccc(C(=O)OC)cc2)CC1. The van der Waals surface area contributed by atoms with Crippen LogP contribution in [0.5, 0.6) is 0 Å². The summed E-state index contributed by atoms with van der Waals surface area (Å²) < 4.78 is 4.74. The number of esters is 1. The lowest BCUT2D eigenvalue weighted by molar-refractivity contribution is 0.0600. The third kappa shape index (κ3) is 6.01. The second-order valence-electron chi connectivity index (χ2n) is 7.11. The van der Waals surface area contributed by atoms with Crippen LogP contribution in [0.3, 0.4) is 0 Å². The van der Waals surface area contributed by atoms with Gasteiger partial charge in [-0.15, -0.1) is 0 Å². The van der Waals surface area contributed by atoms with Crippen molar-refractivity contribution in [2.45, 2.75) is 71.1 Å². The molecule has 0 bridgehead atoms. The number of hydrogen-bond donors (Lipinski definition) is 0. The van der Waals surface area contributed by atoms with Gasteiger partial charge in [0.15, 0.2) is 0 Å². The minimum absolute atomic E-state index is 0.252. The predicted octanol–water partition coefficient (Wildman–Crippen LogP) is 5.79. The Balaban J connectivity index is 1.68. The van der Waals surface area contributed by atoms with E-state index in [2.05, 4.69) is 19.1 Å². The van der Waals surface area contributed by atoms with Gasteiger partial charge in [0, 0.05) is 0 Å². The fourth-order valence-electron chi connectivity index (χ4n) is 3.79. The highest BCUT2D eigenvalue weighted by molar-refractivity contribution is 5.89. The second-order valence-corrected chi connectivity index (χ2v) is 7.11. The van der Waals surface area contributed by atoms with Gasteiger partial charge in [0.1, 0.15) is 0 Å². The molecule has 1 aliphatic carbocycles. The normalized spacial score (nSPS) is 21.1. The maximum atomic E-state index is 11.4. The summed E-state index contributed by atoms with van der Waals surface area (Å²) in [4.78, 5) is 11.4. The third-order valence-electron chi connectivity index (χ3n) is 5.40. The van der Waals surface area contributed by atoms with Crippen LogP contribution >= 0.6 is 0 Å². The van der Waals surface area contributed by atoms with Crippen molar-refractivity contribution >= 4 is 5.97 Å². The van der Waals surface area contributed by atoms with Crippen LogP contribution in [0, 0.1) is 11.8 Å². The van der Waals surface area contributed by atoms with Crippen LogP contribution in [0.2, 0.25) is 0 Å². The number of ether oxygens (including phenoxy) is 1. The van der Waals surface area contributed by atoms with Gasteiger partial charge >= 0.3 is 5.97 Å². The summed E-state index contributed by atoms with van der Waals surface area (Å²) in [5.41, 5.74) is 1.98. The van der Waals surface area contributed by atoms with Crippen LogP contribution in [0.4, 0.5) is 0 Å². The van der Waals surface area contributed by atoms with Gasteiger partial charge in [-0.1, -0.05) is 70.4 Å². The molecular formula is C21H32O2. The molecule has 0 atom stereocenters. The minimum Gasteiger partial charge on any atom is -0.465 e. The lowest BCUT2D eigenvalue weighted by atomic mass is 9.78. The van der Waals surface area contributed by atoms with Gasteiger partial charge in [-0.3, -0.25) is 0 Å². The van der Waals surface area contributed by atoms with E-state index in [1.165, 1.54) is 70.5 Å². The largest absolute Gasteiger partial charge is 0.465 e. The summed E-state index contributed by atoms with van der Waals surface area (Å²) in [6.07, 6.45) is 13.8. The molecule has 0 saturated heterocycles. The Hall–Kier alpha value is -1.31. The van der Waals surface area contributed by atoms with Crippen molar-refractivity contribution in [1.82, 2.24) is 0 Å². The number of unbranched alkanes of at least 4 members (excludes halogenated alkanes) is 2. The second kappa shape index (κ2) is 9.75. The maximum Gasteiger partial charge on any atom is 0.337 e. The van der Waals surface area contributed by atoms with Gasteiger partial charge in [0.25, 0.3) is 0 Å². The van der Waals surface area contributed by atoms with E-state index >= 15 is 0 Å². The first-order chi connectivity index (χ1) is 11.2. The monoisotopic (exact) mass is 316 g/mol. The van der Waals surface area contributed by atoms with Crippen LogP contribution in [-0.4, -0.2) is 13.1 Å². The Labute approximate surface area is 141 Å². The maximum absolute atomic E-state index is 11.4. The van der Waals surface area contributed by atoms with E-state index in [0.29, 0.717) is 5.56 Å². The molecular weight excluding hydrogens is 284 g/mol. The number of rotatable bonds is 8. The number of benzene rings is 1. The molecule has 128 valence electrons. The van der Waals surface area contributed by atoms with Gasteiger partial charge in [-0.2, -0.15) is 0 Å². The molecule has 0 heterocycles. The number of methoxy groups -OCH3 is 1. The van der Waals surface area contributed by atoms with E-state index in [0.717, 1.165) is 18.3 Å². The minimum atomic E-state index is -0.252. The number of carbonyl (C=O) groups is 1. The zero-order chi connectivity index (χ0) is 16.5. The van der Waals surface area contributed by atoms with Crippen molar-refractivity contribution in [2.24, 2.45) is 11.8 Å². The molecule has 1 aromatic carbocycles. The molecule has 1 saturated carbocycles. The highest BCUT2D eigenvalue weighted by Crippen LogP contribution is 2.34. The first-order valence-corrected chi connectivity index (χ1v) is 9.40. The molecule has 23 heavy (non-hydrogen) atoms. The molecule has 0 aliphatic heterocycles. The highest BCUT2D eigenvalue weighted by Gasteiger charge is 2.20. The molecule has 2 heteroatoms. The molecule has 2 nitrogen and oxygen atoms in total.